The van der Waals surface area contributed by atoms with Crippen molar-refractivity contribution in [2.75, 3.05) is 0 Å². The molecule has 110 valence electrons. The molecule has 0 radical (unpaired) electrons. The molecule has 5 heteroatoms. The molecule has 0 aliphatic rings. The van der Waals surface area contributed by atoms with Gasteiger partial charge in [0.2, 0.25) is 0 Å². The number of nitrogen functional groups attached to an aromatic ring is 1. The van der Waals surface area contributed by atoms with Gasteiger partial charge >= 0.3 is 0 Å². The van der Waals surface area contributed by atoms with E-state index in [9.17, 15) is 4.39 Å². The number of aryl methyl sites for hydroxylation is 1. The van der Waals surface area contributed by atoms with E-state index in [0.29, 0.717) is 16.3 Å². The normalized spacial score (nSPS) is 10.4. The summed E-state index contributed by atoms with van der Waals surface area (Å²) in [7, 11) is 0. The van der Waals surface area contributed by atoms with Crippen LogP contribution in [0.15, 0.2) is 36.4 Å². The fourth-order valence-electron chi connectivity index (χ4n) is 1.97. The zero-order valence-corrected chi connectivity index (χ0v) is 12.4. The SMILES string of the molecule is CCc1cc(OCc2cccc(C(=N)N)c2F)ccc1Cl. The van der Waals surface area contributed by atoms with Crippen molar-refractivity contribution in [1.82, 2.24) is 0 Å². The standard InChI is InChI=1S/C16H16ClFN2O/c1-2-10-8-12(6-7-14(10)17)21-9-11-4-3-5-13(15(11)18)16(19)20/h3-8H,2,9H2,1H3,(H3,19,20). The first-order chi connectivity index (χ1) is 10.0. The van der Waals surface area contributed by atoms with Crippen LogP contribution in [0, 0.1) is 11.2 Å². The predicted octanol–water partition coefficient (Wildman–Crippen LogP) is 3.90. The maximum Gasteiger partial charge on any atom is 0.140 e. The molecule has 2 aromatic carbocycles. The fourth-order valence-corrected chi connectivity index (χ4v) is 2.22. The van der Waals surface area contributed by atoms with E-state index < -0.39 is 5.82 Å². The summed E-state index contributed by atoms with van der Waals surface area (Å²) >= 11 is 6.04. The average molecular weight is 307 g/mol. The molecule has 2 rings (SSSR count). The van der Waals surface area contributed by atoms with Gasteiger partial charge in [-0.05, 0) is 36.2 Å². The number of rotatable bonds is 5. The Balaban J connectivity index is 2.17. The van der Waals surface area contributed by atoms with Gasteiger partial charge in [-0.25, -0.2) is 4.39 Å². The Morgan fingerprint density at radius 3 is 2.71 bits per heavy atom. The molecule has 2 aromatic rings. The van der Waals surface area contributed by atoms with E-state index in [-0.39, 0.29) is 18.0 Å². The first-order valence-corrected chi connectivity index (χ1v) is 6.93. The van der Waals surface area contributed by atoms with E-state index in [0.717, 1.165) is 12.0 Å². The van der Waals surface area contributed by atoms with Gasteiger partial charge in [0.05, 0.1) is 5.56 Å². The highest BCUT2D eigenvalue weighted by molar-refractivity contribution is 6.31. The van der Waals surface area contributed by atoms with E-state index in [2.05, 4.69) is 0 Å². The molecule has 0 aromatic heterocycles. The Hall–Kier alpha value is -2.07. The lowest BCUT2D eigenvalue weighted by Gasteiger charge is -2.11. The van der Waals surface area contributed by atoms with Crippen molar-refractivity contribution in [1.29, 1.82) is 5.41 Å². The number of nitrogens with one attached hydrogen (secondary N) is 1. The van der Waals surface area contributed by atoms with Crippen molar-refractivity contribution < 1.29 is 9.13 Å². The molecule has 0 unspecified atom stereocenters. The summed E-state index contributed by atoms with van der Waals surface area (Å²) in [6.07, 6.45) is 0.796. The lowest BCUT2D eigenvalue weighted by molar-refractivity contribution is 0.299. The van der Waals surface area contributed by atoms with Crippen molar-refractivity contribution >= 4 is 17.4 Å². The van der Waals surface area contributed by atoms with E-state index in [1.54, 1.807) is 24.3 Å². The first kappa shape index (κ1) is 15.3. The Kier molecular flexibility index (Phi) is 4.81. The maximum atomic E-state index is 14.1. The van der Waals surface area contributed by atoms with Gasteiger partial charge in [-0.1, -0.05) is 30.7 Å². The second-order valence-electron chi connectivity index (χ2n) is 4.59. The largest absolute Gasteiger partial charge is 0.489 e. The fraction of sp³-hybridized carbons (Fsp3) is 0.188. The minimum atomic E-state index is -0.519. The van der Waals surface area contributed by atoms with Crippen LogP contribution in [0.5, 0.6) is 5.75 Å². The summed E-state index contributed by atoms with van der Waals surface area (Å²) in [4.78, 5) is 0. The number of hydrogen-bond donors (Lipinski definition) is 2. The minimum absolute atomic E-state index is 0.0672. The van der Waals surface area contributed by atoms with Gasteiger partial charge in [-0.2, -0.15) is 0 Å². The molecule has 0 bridgehead atoms. The number of amidine groups is 1. The van der Waals surface area contributed by atoms with Crippen LogP contribution < -0.4 is 10.5 Å². The van der Waals surface area contributed by atoms with Gasteiger partial charge in [0, 0.05) is 10.6 Å². The molecule has 0 fully saturated rings. The number of benzene rings is 2. The Morgan fingerprint density at radius 2 is 2.05 bits per heavy atom. The van der Waals surface area contributed by atoms with Crippen LogP contribution in [-0.4, -0.2) is 5.84 Å². The third-order valence-electron chi connectivity index (χ3n) is 3.16. The minimum Gasteiger partial charge on any atom is -0.489 e. The number of halogens is 2. The molecular formula is C16H16ClFN2O. The predicted molar refractivity (Wildman–Crippen MR) is 82.6 cm³/mol. The van der Waals surface area contributed by atoms with Gasteiger partial charge in [0.15, 0.2) is 0 Å². The molecular weight excluding hydrogens is 291 g/mol. The highest BCUT2D eigenvalue weighted by Gasteiger charge is 2.11. The molecule has 3 N–H and O–H groups in total. The molecule has 0 heterocycles. The highest BCUT2D eigenvalue weighted by atomic mass is 35.5. The van der Waals surface area contributed by atoms with Crippen LogP contribution in [0.2, 0.25) is 5.02 Å². The second-order valence-corrected chi connectivity index (χ2v) is 4.99. The Labute approximate surface area is 128 Å². The molecule has 0 saturated carbocycles. The van der Waals surface area contributed by atoms with E-state index in [4.69, 9.17) is 27.5 Å². The lowest BCUT2D eigenvalue weighted by atomic mass is 10.1. The molecule has 0 amide bonds. The summed E-state index contributed by atoms with van der Waals surface area (Å²) in [6, 6.07) is 10.1. The third kappa shape index (κ3) is 3.52. The van der Waals surface area contributed by atoms with Crippen LogP contribution in [0.25, 0.3) is 0 Å². The average Bonchev–Trinajstić information content (AvgIpc) is 2.47. The first-order valence-electron chi connectivity index (χ1n) is 6.56. The van der Waals surface area contributed by atoms with Crippen LogP contribution >= 0.6 is 11.6 Å². The van der Waals surface area contributed by atoms with Crippen molar-refractivity contribution in [3.05, 3.63) is 63.9 Å². The van der Waals surface area contributed by atoms with Crippen LogP contribution in [0.4, 0.5) is 4.39 Å². The summed E-state index contributed by atoms with van der Waals surface area (Å²) in [5.74, 6) is -0.187. The highest BCUT2D eigenvalue weighted by Crippen LogP contribution is 2.23. The summed E-state index contributed by atoms with van der Waals surface area (Å²) < 4.78 is 19.7. The van der Waals surface area contributed by atoms with E-state index in [1.807, 2.05) is 13.0 Å². The Morgan fingerprint density at radius 1 is 1.29 bits per heavy atom. The summed E-state index contributed by atoms with van der Waals surface area (Å²) in [6.45, 7) is 2.07. The molecule has 3 nitrogen and oxygen atoms in total. The zero-order chi connectivity index (χ0) is 15.4. The number of hydrogen-bond acceptors (Lipinski definition) is 2. The molecule has 21 heavy (non-hydrogen) atoms. The van der Waals surface area contributed by atoms with Gasteiger partial charge in [0.25, 0.3) is 0 Å². The second kappa shape index (κ2) is 6.59. The van der Waals surface area contributed by atoms with Crippen molar-refractivity contribution in [3.8, 4) is 5.75 Å². The lowest BCUT2D eigenvalue weighted by Crippen LogP contribution is -2.14. The van der Waals surface area contributed by atoms with Gasteiger partial charge in [0.1, 0.15) is 24.0 Å². The van der Waals surface area contributed by atoms with Crippen LogP contribution in [0.1, 0.15) is 23.6 Å². The maximum absolute atomic E-state index is 14.1. The molecule has 0 aliphatic heterocycles. The van der Waals surface area contributed by atoms with Crippen LogP contribution in [0.3, 0.4) is 0 Å². The summed E-state index contributed by atoms with van der Waals surface area (Å²) in [5.41, 5.74) is 6.75. The molecule has 0 aliphatic carbocycles. The Bertz CT molecular complexity index is 673. The van der Waals surface area contributed by atoms with Gasteiger partial charge in [-0.15, -0.1) is 0 Å². The topological polar surface area (TPSA) is 59.1 Å². The third-order valence-corrected chi connectivity index (χ3v) is 3.53. The van der Waals surface area contributed by atoms with Crippen molar-refractivity contribution in [3.63, 3.8) is 0 Å². The van der Waals surface area contributed by atoms with Crippen molar-refractivity contribution in [2.24, 2.45) is 5.73 Å². The smallest absolute Gasteiger partial charge is 0.140 e. The quantitative estimate of drug-likeness (QED) is 0.650. The van der Waals surface area contributed by atoms with Gasteiger partial charge < -0.3 is 10.5 Å². The number of nitrogens with two attached hydrogens (primary N) is 1. The van der Waals surface area contributed by atoms with Crippen molar-refractivity contribution in [2.45, 2.75) is 20.0 Å². The zero-order valence-electron chi connectivity index (χ0n) is 11.6. The molecule has 0 atom stereocenters. The monoisotopic (exact) mass is 306 g/mol. The molecule has 0 spiro atoms. The van der Waals surface area contributed by atoms with E-state index >= 15 is 0 Å². The number of ether oxygens (including phenoxy) is 1. The van der Waals surface area contributed by atoms with Crippen LogP contribution in [-0.2, 0) is 13.0 Å². The summed E-state index contributed by atoms with van der Waals surface area (Å²) in [5, 5.41) is 8.02. The van der Waals surface area contributed by atoms with Gasteiger partial charge in [-0.3, -0.25) is 5.41 Å². The molecule has 0 saturated heterocycles. The van der Waals surface area contributed by atoms with E-state index in [1.165, 1.54) is 6.07 Å².